The monoisotopic (exact) mass is 242 g/mol. The summed E-state index contributed by atoms with van der Waals surface area (Å²) in [5.74, 6) is -0.00815. The average Bonchev–Trinajstić information content (AvgIpc) is 2.31. The summed E-state index contributed by atoms with van der Waals surface area (Å²) in [6, 6.07) is 0. The van der Waals surface area contributed by atoms with Gasteiger partial charge in [0.05, 0.1) is 11.5 Å². The standard InChI is InChI=1S/C14H26O3/c1-3-5-11-6-8-14(9-7-11,13(16)17)10-12(15)4-2/h11-12,15H,3-10H2,1-2H3,(H,16,17). The molecule has 0 aliphatic heterocycles. The Kier molecular flexibility index (Phi) is 5.44. The highest BCUT2D eigenvalue weighted by molar-refractivity contribution is 5.74. The molecule has 0 spiro atoms. The molecule has 0 heterocycles. The maximum atomic E-state index is 11.5. The number of carboxylic acid groups (broad SMARTS) is 1. The average molecular weight is 242 g/mol. The normalized spacial score (nSPS) is 31.1. The highest BCUT2D eigenvalue weighted by atomic mass is 16.4. The molecule has 3 heteroatoms. The van der Waals surface area contributed by atoms with E-state index in [4.69, 9.17) is 0 Å². The van der Waals surface area contributed by atoms with Gasteiger partial charge in [-0.15, -0.1) is 0 Å². The van der Waals surface area contributed by atoms with Crippen LogP contribution in [0.3, 0.4) is 0 Å². The van der Waals surface area contributed by atoms with E-state index in [0.717, 1.165) is 25.7 Å². The maximum Gasteiger partial charge on any atom is 0.309 e. The zero-order valence-electron chi connectivity index (χ0n) is 11.1. The van der Waals surface area contributed by atoms with E-state index in [2.05, 4.69) is 6.92 Å². The van der Waals surface area contributed by atoms with E-state index in [1.165, 1.54) is 12.8 Å². The first-order chi connectivity index (χ1) is 8.04. The predicted octanol–water partition coefficient (Wildman–Crippen LogP) is 3.21. The number of aliphatic hydroxyl groups is 1. The van der Waals surface area contributed by atoms with Gasteiger partial charge in [-0.25, -0.2) is 0 Å². The van der Waals surface area contributed by atoms with E-state index in [-0.39, 0.29) is 0 Å². The van der Waals surface area contributed by atoms with Crippen molar-refractivity contribution in [2.24, 2.45) is 11.3 Å². The van der Waals surface area contributed by atoms with Gasteiger partial charge in [-0.3, -0.25) is 4.79 Å². The molecule has 0 aromatic carbocycles. The minimum Gasteiger partial charge on any atom is -0.481 e. The van der Waals surface area contributed by atoms with Crippen LogP contribution in [0.4, 0.5) is 0 Å². The van der Waals surface area contributed by atoms with Gasteiger partial charge < -0.3 is 10.2 Å². The SMILES string of the molecule is CCCC1CCC(CC(O)CC)(C(=O)O)CC1. The Hall–Kier alpha value is -0.570. The second-order valence-electron chi connectivity index (χ2n) is 5.58. The Morgan fingerprint density at radius 2 is 1.94 bits per heavy atom. The lowest BCUT2D eigenvalue weighted by atomic mass is 9.67. The molecule has 1 unspecified atom stereocenters. The molecule has 1 aliphatic carbocycles. The summed E-state index contributed by atoms with van der Waals surface area (Å²) < 4.78 is 0. The van der Waals surface area contributed by atoms with E-state index < -0.39 is 17.5 Å². The van der Waals surface area contributed by atoms with Crippen LogP contribution >= 0.6 is 0 Å². The lowest BCUT2D eigenvalue weighted by Crippen LogP contribution is -2.38. The molecule has 17 heavy (non-hydrogen) atoms. The number of hydrogen-bond donors (Lipinski definition) is 2. The molecule has 100 valence electrons. The van der Waals surface area contributed by atoms with Gasteiger partial charge in [0.1, 0.15) is 0 Å². The zero-order valence-corrected chi connectivity index (χ0v) is 11.1. The highest BCUT2D eigenvalue weighted by Gasteiger charge is 2.42. The number of aliphatic hydroxyl groups excluding tert-OH is 1. The summed E-state index contributed by atoms with van der Waals surface area (Å²) in [7, 11) is 0. The summed E-state index contributed by atoms with van der Waals surface area (Å²) in [6.07, 6.45) is 6.51. The number of aliphatic carboxylic acids is 1. The number of rotatable bonds is 6. The fraction of sp³-hybridized carbons (Fsp3) is 0.929. The third-order valence-corrected chi connectivity index (χ3v) is 4.31. The summed E-state index contributed by atoms with van der Waals surface area (Å²) in [5.41, 5.74) is -0.653. The molecule has 2 N–H and O–H groups in total. The van der Waals surface area contributed by atoms with Gasteiger partial charge in [-0.2, -0.15) is 0 Å². The first-order valence-electron chi connectivity index (χ1n) is 6.95. The molecule has 1 saturated carbocycles. The topological polar surface area (TPSA) is 57.5 Å². The first-order valence-corrected chi connectivity index (χ1v) is 6.95. The summed E-state index contributed by atoms with van der Waals surface area (Å²) >= 11 is 0. The molecular formula is C14H26O3. The molecule has 0 aromatic heterocycles. The Labute approximate surface area is 104 Å². The lowest BCUT2D eigenvalue weighted by Gasteiger charge is -2.38. The Morgan fingerprint density at radius 1 is 1.35 bits per heavy atom. The molecule has 1 fully saturated rings. The molecule has 0 bridgehead atoms. The lowest BCUT2D eigenvalue weighted by molar-refractivity contribution is -0.154. The first kappa shape index (κ1) is 14.5. The van der Waals surface area contributed by atoms with Crippen molar-refractivity contribution >= 4 is 5.97 Å². The zero-order chi connectivity index (χ0) is 12.9. The predicted molar refractivity (Wildman–Crippen MR) is 67.8 cm³/mol. The number of carboxylic acids is 1. The van der Waals surface area contributed by atoms with E-state index in [1.807, 2.05) is 6.92 Å². The third-order valence-electron chi connectivity index (χ3n) is 4.31. The van der Waals surface area contributed by atoms with Gasteiger partial charge in [0.15, 0.2) is 0 Å². The van der Waals surface area contributed by atoms with Crippen LogP contribution in [0.5, 0.6) is 0 Å². The van der Waals surface area contributed by atoms with E-state index >= 15 is 0 Å². The fourth-order valence-electron chi connectivity index (χ4n) is 3.03. The van der Waals surface area contributed by atoms with Gasteiger partial charge in [-0.1, -0.05) is 26.7 Å². The second-order valence-corrected chi connectivity index (χ2v) is 5.58. The van der Waals surface area contributed by atoms with Crippen LogP contribution in [-0.4, -0.2) is 22.3 Å². The maximum absolute atomic E-state index is 11.5. The van der Waals surface area contributed by atoms with Crippen molar-refractivity contribution in [1.82, 2.24) is 0 Å². The summed E-state index contributed by atoms with van der Waals surface area (Å²) in [5, 5.41) is 19.2. The molecule has 0 saturated heterocycles. The number of hydrogen-bond acceptors (Lipinski definition) is 2. The van der Waals surface area contributed by atoms with Gasteiger partial charge >= 0.3 is 5.97 Å². The van der Waals surface area contributed by atoms with Gasteiger partial charge in [0, 0.05) is 0 Å². The Balaban J connectivity index is 2.60. The fourth-order valence-corrected chi connectivity index (χ4v) is 3.03. The van der Waals surface area contributed by atoms with Crippen molar-refractivity contribution in [3.8, 4) is 0 Å². The highest BCUT2D eigenvalue weighted by Crippen LogP contribution is 2.44. The molecule has 1 rings (SSSR count). The molecule has 1 aliphatic rings. The van der Waals surface area contributed by atoms with Crippen molar-refractivity contribution in [1.29, 1.82) is 0 Å². The van der Waals surface area contributed by atoms with Crippen LogP contribution < -0.4 is 0 Å². The van der Waals surface area contributed by atoms with Crippen molar-refractivity contribution in [3.05, 3.63) is 0 Å². The molecule has 1 atom stereocenters. The molecule has 3 nitrogen and oxygen atoms in total. The van der Waals surface area contributed by atoms with E-state index in [1.54, 1.807) is 0 Å². The van der Waals surface area contributed by atoms with Crippen molar-refractivity contribution in [3.63, 3.8) is 0 Å². The van der Waals surface area contributed by atoms with Crippen molar-refractivity contribution < 1.29 is 15.0 Å². The van der Waals surface area contributed by atoms with Gasteiger partial charge in [-0.05, 0) is 44.4 Å². The van der Waals surface area contributed by atoms with Crippen LogP contribution in [0.1, 0.15) is 65.2 Å². The largest absolute Gasteiger partial charge is 0.481 e. The molecule has 0 amide bonds. The minimum atomic E-state index is -0.708. The van der Waals surface area contributed by atoms with Gasteiger partial charge in [0.2, 0.25) is 0 Å². The quantitative estimate of drug-likeness (QED) is 0.752. The minimum absolute atomic E-state index is 0.428. The molecule has 0 aromatic rings. The smallest absolute Gasteiger partial charge is 0.309 e. The number of carbonyl (C=O) groups is 1. The van der Waals surface area contributed by atoms with E-state index in [9.17, 15) is 15.0 Å². The van der Waals surface area contributed by atoms with Crippen molar-refractivity contribution in [2.45, 2.75) is 71.3 Å². The molecular weight excluding hydrogens is 216 g/mol. The summed E-state index contributed by atoms with van der Waals surface area (Å²) in [4.78, 5) is 11.5. The Bertz CT molecular complexity index is 242. The second kappa shape index (κ2) is 6.39. The molecule has 0 radical (unpaired) electrons. The van der Waals surface area contributed by atoms with Crippen molar-refractivity contribution in [2.75, 3.05) is 0 Å². The van der Waals surface area contributed by atoms with Crippen LogP contribution in [0.25, 0.3) is 0 Å². The van der Waals surface area contributed by atoms with E-state index in [0.29, 0.717) is 18.8 Å². The van der Waals surface area contributed by atoms with Crippen LogP contribution in [-0.2, 0) is 4.79 Å². The van der Waals surface area contributed by atoms with Crippen LogP contribution in [0.2, 0.25) is 0 Å². The Morgan fingerprint density at radius 3 is 2.35 bits per heavy atom. The van der Waals surface area contributed by atoms with Crippen LogP contribution in [0.15, 0.2) is 0 Å². The van der Waals surface area contributed by atoms with Crippen LogP contribution in [0, 0.1) is 11.3 Å². The van der Waals surface area contributed by atoms with Gasteiger partial charge in [0.25, 0.3) is 0 Å². The summed E-state index contributed by atoms with van der Waals surface area (Å²) in [6.45, 7) is 4.09. The third kappa shape index (κ3) is 3.70.